The van der Waals surface area contributed by atoms with E-state index in [1.165, 1.54) is 5.56 Å². The molecule has 1 aromatic rings. The van der Waals surface area contributed by atoms with Crippen molar-refractivity contribution < 1.29 is 14.7 Å². The summed E-state index contributed by atoms with van der Waals surface area (Å²) in [7, 11) is 0. The average molecular weight is 274 g/mol. The van der Waals surface area contributed by atoms with Crippen molar-refractivity contribution in [1.82, 2.24) is 4.90 Å². The average Bonchev–Trinajstić information content (AvgIpc) is 2.45. The quantitative estimate of drug-likeness (QED) is 0.844. The van der Waals surface area contributed by atoms with Crippen LogP contribution in [0.3, 0.4) is 0 Å². The van der Waals surface area contributed by atoms with Gasteiger partial charge in [-0.05, 0) is 24.6 Å². The first kappa shape index (κ1) is 14.1. The number of piperazine rings is 1. The molecule has 1 aliphatic rings. The number of aliphatic carboxylic acids is 1. The molecular weight excluding hydrogens is 256 g/mol. The lowest BCUT2D eigenvalue weighted by atomic mass is 10.2. The van der Waals surface area contributed by atoms with Crippen LogP contribution in [0.5, 0.6) is 0 Å². The van der Waals surface area contributed by atoms with E-state index in [4.69, 9.17) is 5.11 Å². The Kier molecular flexibility index (Phi) is 4.40. The summed E-state index contributed by atoms with van der Waals surface area (Å²) in [4.78, 5) is 26.1. The molecule has 0 unspecified atom stereocenters. The van der Waals surface area contributed by atoms with Crippen molar-refractivity contribution in [2.45, 2.75) is 6.92 Å². The van der Waals surface area contributed by atoms with Crippen LogP contribution in [0.1, 0.15) is 5.56 Å². The molecule has 20 heavy (non-hydrogen) atoms. The molecule has 1 N–H and O–H groups in total. The van der Waals surface area contributed by atoms with E-state index >= 15 is 0 Å². The second kappa shape index (κ2) is 6.23. The smallest absolute Gasteiger partial charge is 0.328 e. The summed E-state index contributed by atoms with van der Waals surface area (Å²) < 4.78 is 0. The van der Waals surface area contributed by atoms with Crippen molar-refractivity contribution >= 4 is 17.6 Å². The number of hydrogen-bond donors (Lipinski definition) is 1. The van der Waals surface area contributed by atoms with Crippen LogP contribution in [0.4, 0.5) is 5.69 Å². The number of nitrogens with zero attached hydrogens (tertiary/aromatic N) is 2. The molecule has 1 heterocycles. The molecule has 0 saturated carbocycles. The molecule has 1 saturated heterocycles. The number of carbonyl (C=O) groups is 2. The minimum Gasteiger partial charge on any atom is -0.478 e. The molecule has 5 heteroatoms. The molecule has 2 rings (SSSR count). The zero-order valence-corrected chi connectivity index (χ0v) is 11.5. The Morgan fingerprint density at radius 1 is 1.15 bits per heavy atom. The van der Waals surface area contributed by atoms with Gasteiger partial charge in [-0.25, -0.2) is 4.79 Å². The third-order valence-corrected chi connectivity index (χ3v) is 3.33. The summed E-state index contributed by atoms with van der Waals surface area (Å²) in [6.45, 7) is 4.79. The van der Waals surface area contributed by atoms with E-state index in [-0.39, 0.29) is 5.91 Å². The summed E-state index contributed by atoms with van der Waals surface area (Å²) in [5, 5.41) is 8.51. The van der Waals surface area contributed by atoms with Crippen LogP contribution in [0.2, 0.25) is 0 Å². The summed E-state index contributed by atoms with van der Waals surface area (Å²) in [5.41, 5.74) is 2.38. The van der Waals surface area contributed by atoms with Crippen molar-refractivity contribution in [3.8, 4) is 0 Å². The number of aryl methyl sites for hydroxylation is 1. The van der Waals surface area contributed by atoms with E-state index in [0.29, 0.717) is 13.1 Å². The third kappa shape index (κ3) is 3.60. The van der Waals surface area contributed by atoms with Gasteiger partial charge >= 0.3 is 5.97 Å². The fourth-order valence-corrected chi connectivity index (χ4v) is 2.26. The lowest BCUT2D eigenvalue weighted by molar-refractivity contribution is -0.132. The minimum atomic E-state index is -1.10. The second-order valence-electron chi connectivity index (χ2n) is 4.82. The van der Waals surface area contributed by atoms with Crippen LogP contribution in [-0.4, -0.2) is 48.1 Å². The first-order valence-corrected chi connectivity index (χ1v) is 6.58. The third-order valence-electron chi connectivity index (χ3n) is 3.33. The molecule has 1 amide bonds. The molecule has 0 bridgehead atoms. The number of carboxylic acids is 1. The normalized spacial score (nSPS) is 15.7. The monoisotopic (exact) mass is 274 g/mol. The minimum absolute atomic E-state index is 0.240. The molecule has 1 aliphatic heterocycles. The lowest BCUT2D eigenvalue weighted by Crippen LogP contribution is -2.48. The van der Waals surface area contributed by atoms with Gasteiger partial charge in [-0.3, -0.25) is 4.79 Å². The molecule has 0 aromatic heterocycles. The lowest BCUT2D eigenvalue weighted by Gasteiger charge is -2.35. The van der Waals surface area contributed by atoms with E-state index in [1.807, 2.05) is 6.07 Å². The van der Waals surface area contributed by atoms with Crippen LogP contribution in [0.25, 0.3) is 0 Å². The van der Waals surface area contributed by atoms with Gasteiger partial charge in [0.1, 0.15) is 0 Å². The highest BCUT2D eigenvalue weighted by Crippen LogP contribution is 2.17. The van der Waals surface area contributed by atoms with Crippen LogP contribution in [0.15, 0.2) is 36.4 Å². The fraction of sp³-hybridized carbons (Fsp3) is 0.333. The van der Waals surface area contributed by atoms with Crippen molar-refractivity contribution in [3.05, 3.63) is 42.0 Å². The van der Waals surface area contributed by atoms with Gasteiger partial charge in [-0.15, -0.1) is 0 Å². The van der Waals surface area contributed by atoms with Gasteiger partial charge in [0, 0.05) is 44.0 Å². The number of amides is 1. The van der Waals surface area contributed by atoms with Crippen molar-refractivity contribution in [2.75, 3.05) is 31.1 Å². The van der Waals surface area contributed by atoms with E-state index in [1.54, 1.807) is 4.90 Å². The number of hydrogen-bond acceptors (Lipinski definition) is 3. The van der Waals surface area contributed by atoms with Gasteiger partial charge in [0.2, 0.25) is 5.91 Å². The highest BCUT2D eigenvalue weighted by molar-refractivity contribution is 5.94. The highest BCUT2D eigenvalue weighted by atomic mass is 16.4. The van der Waals surface area contributed by atoms with Gasteiger partial charge < -0.3 is 14.9 Å². The summed E-state index contributed by atoms with van der Waals surface area (Å²) >= 11 is 0. The molecule has 0 radical (unpaired) electrons. The Balaban J connectivity index is 1.92. The maximum atomic E-state index is 11.8. The zero-order valence-electron chi connectivity index (χ0n) is 11.5. The molecule has 5 nitrogen and oxygen atoms in total. The Morgan fingerprint density at radius 3 is 2.45 bits per heavy atom. The number of carboxylic acid groups (broad SMARTS) is 1. The zero-order chi connectivity index (χ0) is 14.5. The van der Waals surface area contributed by atoms with Gasteiger partial charge in [-0.1, -0.05) is 12.1 Å². The Hall–Kier alpha value is -2.30. The highest BCUT2D eigenvalue weighted by Gasteiger charge is 2.19. The predicted octanol–water partition coefficient (Wildman–Crippen LogP) is 1.28. The van der Waals surface area contributed by atoms with E-state index < -0.39 is 5.97 Å². The van der Waals surface area contributed by atoms with Gasteiger partial charge in [0.25, 0.3) is 0 Å². The molecule has 1 aromatic carbocycles. The maximum Gasteiger partial charge on any atom is 0.328 e. The molecular formula is C15H18N2O3. The van der Waals surface area contributed by atoms with Crippen molar-refractivity contribution in [3.63, 3.8) is 0 Å². The van der Waals surface area contributed by atoms with Crippen LogP contribution in [-0.2, 0) is 9.59 Å². The number of rotatable bonds is 3. The van der Waals surface area contributed by atoms with E-state index in [0.717, 1.165) is 30.9 Å². The fourth-order valence-electron chi connectivity index (χ4n) is 2.26. The Labute approximate surface area is 118 Å². The van der Waals surface area contributed by atoms with Crippen LogP contribution >= 0.6 is 0 Å². The number of carbonyl (C=O) groups excluding carboxylic acids is 1. The van der Waals surface area contributed by atoms with Gasteiger partial charge in [-0.2, -0.15) is 0 Å². The first-order valence-electron chi connectivity index (χ1n) is 6.58. The predicted molar refractivity (Wildman–Crippen MR) is 76.7 cm³/mol. The second-order valence-corrected chi connectivity index (χ2v) is 4.82. The van der Waals surface area contributed by atoms with Gasteiger partial charge in [0.15, 0.2) is 0 Å². The topological polar surface area (TPSA) is 60.9 Å². The molecule has 106 valence electrons. The molecule has 1 fully saturated rings. The number of benzene rings is 1. The summed E-state index contributed by atoms with van der Waals surface area (Å²) in [6.07, 6.45) is 2.00. The molecule has 0 atom stereocenters. The largest absolute Gasteiger partial charge is 0.478 e. The van der Waals surface area contributed by atoms with Crippen molar-refractivity contribution in [2.24, 2.45) is 0 Å². The first-order chi connectivity index (χ1) is 9.56. The van der Waals surface area contributed by atoms with E-state index in [9.17, 15) is 9.59 Å². The van der Waals surface area contributed by atoms with E-state index in [2.05, 4.69) is 30.0 Å². The summed E-state index contributed by atoms with van der Waals surface area (Å²) in [6, 6.07) is 8.27. The SMILES string of the molecule is Cc1cccc(N2CCN(C(=O)/C=C/C(=O)O)CC2)c1. The Morgan fingerprint density at radius 2 is 1.85 bits per heavy atom. The van der Waals surface area contributed by atoms with Gasteiger partial charge in [0.05, 0.1) is 0 Å². The molecule has 0 aliphatic carbocycles. The standard InChI is InChI=1S/C15H18N2O3/c1-12-3-2-4-13(11-12)16-7-9-17(10-8-16)14(18)5-6-15(19)20/h2-6,11H,7-10H2,1H3,(H,19,20)/b6-5+. The van der Waals surface area contributed by atoms with Crippen LogP contribution < -0.4 is 4.90 Å². The van der Waals surface area contributed by atoms with Crippen molar-refractivity contribution in [1.29, 1.82) is 0 Å². The number of anilines is 1. The van der Waals surface area contributed by atoms with Crippen LogP contribution in [0, 0.1) is 6.92 Å². The Bertz CT molecular complexity index is 532. The maximum absolute atomic E-state index is 11.8. The molecule has 0 spiro atoms. The summed E-state index contributed by atoms with van der Waals surface area (Å²) in [5.74, 6) is -1.34.